The van der Waals surface area contributed by atoms with Crippen molar-refractivity contribution < 1.29 is 9.59 Å². The highest BCUT2D eigenvalue weighted by Crippen LogP contribution is 2.28. The molecule has 0 saturated carbocycles. The van der Waals surface area contributed by atoms with Crippen LogP contribution in [0.3, 0.4) is 0 Å². The number of amides is 2. The molecular formula is C16H22N2O2. The maximum Gasteiger partial charge on any atom is 0.247 e. The molecule has 1 N–H and O–H groups in total. The van der Waals surface area contributed by atoms with Crippen LogP contribution in [0.5, 0.6) is 0 Å². The third-order valence-electron chi connectivity index (χ3n) is 3.97. The number of anilines is 1. The van der Waals surface area contributed by atoms with Crippen LogP contribution in [0.15, 0.2) is 18.2 Å². The largest absolute Gasteiger partial charge is 0.334 e. The van der Waals surface area contributed by atoms with Crippen LogP contribution in [0.2, 0.25) is 0 Å². The van der Waals surface area contributed by atoms with E-state index in [1.165, 1.54) is 0 Å². The van der Waals surface area contributed by atoms with Gasteiger partial charge in [-0.15, -0.1) is 0 Å². The molecule has 1 aliphatic rings. The number of aryl methyl sites for hydroxylation is 1. The third kappa shape index (κ3) is 2.69. The van der Waals surface area contributed by atoms with Gasteiger partial charge in [-0.2, -0.15) is 0 Å². The number of carbonyl (C=O) groups is 2. The van der Waals surface area contributed by atoms with Gasteiger partial charge in [0.05, 0.1) is 0 Å². The molecule has 4 heteroatoms. The van der Waals surface area contributed by atoms with Gasteiger partial charge in [-0.1, -0.05) is 32.0 Å². The topological polar surface area (TPSA) is 49.4 Å². The first-order valence-corrected chi connectivity index (χ1v) is 7.08. The number of carbonyl (C=O) groups excluding carboxylic acids is 2. The van der Waals surface area contributed by atoms with Crippen molar-refractivity contribution in [1.82, 2.24) is 4.90 Å². The monoisotopic (exact) mass is 274 g/mol. The molecule has 20 heavy (non-hydrogen) atoms. The summed E-state index contributed by atoms with van der Waals surface area (Å²) in [6.45, 7) is 6.20. The molecule has 0 radical (unpaired) electrons. The Morgan fingerprint density at radius 1 is 1.40 bits per heavy atom. The summed E-state index contributed by atoms with van der Waals surface area (Å²) in [6.07, 6.45) is 1.06. The van der Waals surface area contributed by atoms with Crippen LogP contribution in [-0.2, 0) is 9.59 Å². The van der Waals surface area contributed by atoms with Crippen LogP contribution >= 0.6 is 0 Å². The third-order valence-corrected chi connectivity index (χ3v) is 3.97. The molecule has 0 bridgehead atoms. The van der Waals surface area contributed by atoms with Crippen LogP contribution in [0, 0.1) is 6.92 Å². The predicted octanol–water partition coefficient (Wildman–Crippen LogP) is 2.68. The fraction of sp³-hybridized carbons (Fsp3) is 0.500. The number of benzene rings is 1. The molecule has 0 spiro atoms. The number of para-hydroxylation sites is 1. The Hall–Kier alpha value is -1.84. The minimum Gasteiger partial charge on any atom is -0.334 e. The maximum atomic E-state index is 12.4. The highest BCUT2D eigenvalue weighted by atomic mass is 16.2. The number of rotatable bonds is 3. The zero-order chi connectivity index (χ0) is 14.9. The Bertz CT molecular complexity index is 537. The SMILES string of the molecule is Cc1cccc(C(C)C)c1NC(=O)C1CCC(=O)N1C. The summed E-state index contributed by atoms with van der Waals surface area (Å²) in [5, 5.41) is 3.02. The Kier molecular flexibility index (Phi) is 4.12. The van der Waals surface area contributed by atoms with Crippen molar-refractivity contribution >= 4 is 17.5 Å². The number of likely N-dealkylation sites (tertiary alicyclic amines) is 1. The average molecular weight is 274 g/mol. The van der Waals surface area contributed by atoms with Gasteiger partial charge in [0, 0.05) is 19.2 Å². The molecule has 4 nitrogen and oxygen atoms in total. The molecule has 0 aromatic heterocycles. The number of likely N-dealkylation sites (N-methyl/N-ethyl adjacent to an activating group) is 1. The summed E-state index contributed by atoms with van der Waals surface area (Å²) in [5.41, 5.74) is 3.07. The van der Waals surface area contributed by atoms with E-state index in [2.05, 4.69) is 19.2 Å². The van der Waals surface area contributed by atoms with Crippen LogP contribution < -0.4 is 5.32 Å². The van der Waals surface area contributed by atoms with E-state index in [4.69, 9.17) is 0 Å². The van der Waals surface area contributed by atoms with Crippen molar-refractivity contribution in [2.75, 3.05) is 12.4 Å². The molecule has 1 aromatic carbocycles. The number of nitrogens with one attached hydrogen (secondary N) is 1. The van der Waals surface area contributed by atoms with Crippen LogP contribution in [0.25, 0.3) is 0 Å². The van der Waals surface area contributed by atoms with Gasteiger partial charge in [-0.05, 0) is 30.4 Å². The minimum absolute atomic E-state index is 0.0408. The van der Waals surface area contributed by atoms with E-state index < -0.39 is 0 Å². The Labute approximate surface area is 120 Å². The van der Waals surface area contributed by atoms with E-state index in [1.54, 1.807) is 11.9 Å². The zero-order valence-electron chi connectivity index (χ0n) is 12.6. The lowest BCUT2D eigenvalue weighted by molar-refractivity contribution is -0.131. The summed E-state index contributed by atoms with van der Waals surface area (Å²) in [5.74, 6) is 0.293. The van der Waals surface area contributed by atoms with E-state index >= 15 is 0 Å². The normalized spacial score (nSPS) is 18.8. The molecule has 108 valence electrons. The Balaban J connectivity index is 2.22. The number of nitrogens with zero attached hydrogens (tertiary/aromatic N) is 1. The summed E-state index contributed by atoms with van der Waals surface area (Å²) < 4.78 is 0. The van der Waals surface area contributed by atoms with Crippen molar-refractivity contribution in [3.8, 4) is 0 Å². The molecule has 2 amide bonds. The first-order chi connectivity index (χ1) is 9.41. The van der Waals surface area contributed by atoms with Gasteiger partial charge in [0.15, 0.2) is 0 Å². The van der Waals surface area contributed by atoms with Crippen molar-refractivity contribution in [2.45, 2.75) is 45.6 Å². The first-order valence-electron chi connectivity index (χ1n) is 7.08. The predicted molar refractivity (Wildman–Crippen MR) is 79.7 cm³/mol. The average Bonchev–Trinajstić information content (AvgIpc) is 2.72. The van der Waals surface area contributed by atoms with E-state index in [-0.39, 0.29) is 17.9 Å². The van der Waals surface area contributed by atoms with E-state index in [9.17, 15) is 9.59 Å². The minimum atomic E-state index is -0.345. The van der Waals surface area contributed by atoms with Crippen LogP contribution in [0.4, 0.5) is 5.69 Å². The lowest BCUT2D eigenvalue weighted by Crippen LogP contribution is -2.39. The van der Waals surface area contributed by atoms with Gasteiger partial charge < -0.3 is 10.2 Å². The van der Waals surface area contributed by atoms with Crippen molar-refractivity contribution in [2.24, 2.45) is 0 Å². The molecule has 1 unspecified atom stereocenters. The zero-order valence-corrected chi connectivity index (χ0v) is 12.6. The van der Waals surface area contributed by atoms with Crippen LogP contribution in [-0.4, -0.2) is 29.8 Å². The van der Waals surface area contributed by atoms with E-state index in [0.717, 1.165) is 16.8 Å². The Morgan fingerprint density at radius 3 is 2.65 bits per heavy atom. The first kappa shape index (κ1) is 14.6. The number of hydrogen-bond donors (Lipinski definition) is 1. The summed E-state index contributed by atoms with van der Waals surface area (Å²) in [6, 6.07) is 5.69. The highest BCUT2D eigenvalue weighted by Gasteiger charge is 2.33. The van der Waals surface area contributed by atoms with Gasteiger partial charge in [-0.3, -0.25) is 9.59 Å². The van der Waals surface area contributed by atoms with Gasteiger partial charge in [0.1, 0.15) is 6.04 Å². The Morgan fingerprint density at radius 2 is 2.10 bits per heavy atom. The maximum absolute atomic E-state index is 12.4. The molecule has 1 aliphatic heterocycles. The standard InChI is InChI=1S/C16H22N2O2/c1-10(2)12-7-5-6-11(3)15(12)17-16(20)13-8-9-14(19)18(13)4/h5-7,10,13H,8-9H2,1-4H3,(H,17,20). The molecule has 1 saturated heterocycles. The fourth-order valence-electron chi connectivity index (χ4n) is 2.66. The highest BCUT2D eigenvalue weighted by molar-refractivity contribution is 5.99. The summed E-state index contributed by atoms with van der Waals surface area (Å²) in [7, 11) is 1.70. The molecular weight excluding hydrogens is 252 g/mol. The second-order valence-electron chi connectivity index (χ2n) is 5.74. The van der Waals surface area contributed by atoms with Gasteiger partial charge in [0.25, 0.3) is 0 Å². The molecule has 2 rings (SSSR count). The van der Waals surface area contributed by atoms with Crippen LogP contribution in [0.1, 0.15) is 43.7 Å². The molecule has 1 atom stereocenters. The summed E-state index contributed by atoms with van der Waals surface area (Å²) in [4.78, 5) is 25.5. The van der Waals surface area contributed by atoms with Gasteiger partial charge in [-0.25, -0.2) is 0 Å². The lowest BCUT2D eigenvalue weighted by Gasteiger charge is -2.22. The van der Waals surface area contributed by atoms with E-state index in [1.807, 2.05) is 25.1 Å². The fourth-order valence-corrected chi connectivity index (χ4v) is 2.66. The molecule has 1 heterocycles. The lowest BCUT2D eigenvalue weighted by atomic mass is 9.98. The van der Waals surface area contributed by atoms with Crippen molar-refractivity contribution in [3.05, 3.63) is 29.3 Å². The second-order valence-corrected chi connectivity index (χ2v) is 5.74. The molecule has 1 fully saturated rings. The molecule has 0 aliphatic carbocycles. The second kappa shape index (κ2) is 5.65. The molecule has 1 aromatic rings. The number of hydrogen-bond acceptors (Lipinski definition) is 2. The quantitative estimate of drug-likeness (QED) is 0.921. The van der Waals surface area contributed by atoms with Crippen molar-refractivity contribution in [1.29, 1.82) is 0 Å². The van der Waals surface area contributed by atoms with E-state index in [0.29, 0.717) is 18.8 Å². The van der Waals surface area contributed by atoms with Gasteiger partial charge >= 0.3 is 0 Å². The smallest absolute Gasteiger partial charge is 0.247 e. The summed E-state index contributed by atoms with van der Waals surface area (Å²) >= 11 is 0. The van der Waals surface area contributed by atoms with Crippen molar-refractivity contribution in [3.63, 3.8) is 0 Å². The van der Waals surface area contributed by atoms with Gasteiger partial charge in [0.2, 0.25) is 11.8 Å².